The second-order valence-electron chi connectivity index (χ2n) is 5.77. The highest BCUT2D eigenvalue weighted by atomic mass is 16.6. The molecule has 0 saturated carbocycles. The van der Waals surface area contributed by atoms with Gasteiger partial charge in [-0.05, 0) is 11.8 Å². The third-order valence-electron chi connectivity index (χ3n) is 3.30. The summed E-state index contributed by atoms with van der Waals surface area (Å²) in [6, 6.07) is -0.831. The van der Waals surface area contributed by atoms with Crippen LogP contribution in [0, 0.1) is 11.8 Å². The molecule has 0 aromatic rings. The van der Waals surface area contributed by atoms with Gasteiger partial charge >= 0.3 is 11.9 Å². The number of hydrogen-bond donors (Lipinski definition) is 0. The molecule has 0 bridgehead atoms. The summed E-state index contributed by atoms with van der Waals surface area (Å²) in [4.78, 5) is 31.6. The maximum Gasteiger partial charge on any atom is 0.337 e. The number of esters is 2. The number of carbonyl (C=O) groups excluding carboxylic acids is 2. The second kappa shape index (κ2) is 5.73. The van der Waals surface area contributed by atoms with Crippen LogP contribution in [0.25, 0.3) is 0 Å². The average molecular weight is 280 g/mol. The molecule has 0 aromatic heterocycles. The summed E-state index contributed by atoms with van der Waals surface area (Å²) < 4.78 is 10.2. The van der Waals surface area contributed by atoms with Gasteiger partial charge in [-0.15, -0.1) is 0 Å². The lowest BCUT2D eigenvalue weighted by atomic mass is 10.1. The fraction of sp³-hybridized carbons (Fsp3) is 0.714. The Bertz CT molecular complexity index is 436. The Balaban J connectivity index is 1.91. The van der Waals surface area contributed by atoms with Gasteiger partial charge in [0.1, 0.15) is 0 Å². The quantitative estimate of drug-likeness (QED) is 0.718. The van der Waals surface area contributed by atoms with Gasteiger partial charge in [0, 0.05) is 12.8 Å². The minimum absolute atomic E-state index is 0.118. The number of hydrogen-bond acceptors (Lipinski definition) is 6. The van der Waals surface area contributed by atoms with E-state index in [0.29, 0.717) is 24.6 Å². The SMILES string of the molecule is CC(C)C1N=C(CCC2=NC(C(C)C)C(=O)O2)OC1=O. The van der Waals surface area contributed by atoms with E-state index in [2.05, 4.69) is 9.98 Å². The van der Waals surface area contributed by atoms with E-state index < -0.39 is 12.1 Å². The lowest BCUT2D eigenvalue weighted by Crippen LogP contribution is -2.21. The van der Waals surface area contributed by atoms with Gasteiger partial charge in [0.15, 0.2) is 23.9 Å². The predicted octanol–water partition coefficient (Wildman–Crippen LogP) is 1.73. The first-order valence-corrected chi connectivity index (χ1v) is 6.95. The Morgan fingerprint density at radius 3 is 1.45 bits per heavy atom. The van der Waals surface area contributed by atoms with E-state index in [9.17, 15) is 9.59 Å². The van der Waals surface area contributed by atoms with Crippen LogP contribution in [-0.4, -0.2) is 35.8 Å². The summed E-state index contributed by atoms with van der Waals surface area (Å²) in [6.45, 7) is 7.70. The highest BCUT2D eigenvalue weighted by molar-refractivity contribution is 6.01. The van der Waals surface area contributed by atoms with Gasteiger partial charge in [-0.25, -0.2) is 19.6 Å². The lowest BCUT2D eigenvalue weighted by Gasteiger charge is -2.05. The number of ether oxygens (including phenoxy) is 2. The minimum Gasteiger partial charge on any atom is -0.410 e. The van der Waals surface area contributed by atoms with Gasteiger partial charge in [0.2, 0.25) is 0 Å². The molecule has 0 N–H and O–H groups in total. The van der Waals surface area contributed by atoms with Gasteiger partial charge < -0.3 is 9.47 Å². The minimum atomic E-state index is -0.415. The average Bonchev–Trinajstić information content (AvgIpc) is 2.90. The topological polar surface area (TPSA) is 77.3 Å². The lowest BCUT2D eigenvalue weighted by molar-refractivity contribution is -0.137. The zero-order valence-electron chi connectivity index (χ0n) is 12.3. The summed E-state index contributed by atoms with van der Waals surface area (Å²) in [5.41, 5.74) is 0. The van der Waals surface area contributed by atoms with E-state index in [0.717, 1.165) is 0 Å². The van der Waals surface area contributed by atoms with Crippen LogP contribution in [0.1, 0.15) is 40.5 Å². The van der Waals surface area contributed by atoms with Crippen molar-refractivity contribution in [3.8, 4) is 0 Å². The van der Waals surface area contributed by atoms with Crippen molar-refractivity contribution < 1.29 is 19.1 Å². The third kappa shape index (κ3) is 3.05. The van der Waals surface area contributed by atoms with Crippen LogP contribution in [0.4, 0.5) is 0 Å². The first-order valence-electron chi connectivity index (χ1n) is 6.95. The molecule has 0 spiro atoms. The molecular weight excluding hydrogens is 260 g/mol. The van der Waals surface area contributed by atoms with E-state index >= 15 is 0 Å². The Morgan fingerprint density at radius 1 is 0.850 bits per heavy atom. The molecule has 6 heteroatoms. The summed E-state index contributed by atoms with van der Waals surface area (Å²) in [7, 11) is 0. The van der Waals surface area contributed by atoms with Crippen molar-refractivity contribution in [1.29, 1.82) is 0 Å². The number of cyclic esters (lactones) is 2. The summed E-state index contributed by atoms with van der Waals surface area (Å²) in [6.07, 6.45) is 0.845. The Hall–Kier alpha value is -1.72. The monoisotopic (exact) mass is 280 g/mol. The number of aliphatic imine (C=N–C) groups is 2. The molecule has 110 valence electrons. The number of nitrogens with zero attached hydrogens (tertiary/aromatic N) is 2. The molecule has 0 fully saturated rings. The van der Waals surface area contributed by atoms with Gasteiger partial charge in [-0.1, -0.05) is 27.7 Å². The molecule has 2 rings (SSSR count). The van der Waals surface area contributed by atoms with E-state index in [-0.39, 0.29) is 23.8 Å². The third-order valence-corrected chi connectivity index (χ3v) is 3.30. The maximum absolute atomic E-state index is 11.6. The van der Waals surface area contributed by atoms with Crippen LogP contribution in [0.5, 0.6) is 0 Å². The van der Waals surface area contributed by atoms with E-state index in [1.54, 1.807) is 0 Å². The molecule has 0 aliphatic carbocycles. The first kappa shape index (κ1) is 14.7. The van der Waals surface area contributed by atoms with Crippen molar-refractivity contribution in [3.05, 3.63) is 0 Å². The van der Waals surface area contributed by atoms with E-state index in [4.69, 9.17) is 9.47 Å². The fourth-order valence-corrected chi connectivity index (χ4v) is 2.11. The van der Waals surface area contributed by atoms with E-state index in [1.165, 1.54) is 0 Å². The molecule has 2 aliphatic rings. The van der Waals surface area contributed by atoms with E-state index in [1.807, 2.05) is 27.7 Å². The van der Waals surface area contributed by atoms with Crippen molar-refractivity contribution in [2.24, 2.45) is 21.8 Å². The van der Waals surface area contributed by atoms with Crippen LogP contribution >= 0.6 is 0 Å². The van der Waals surface area contributed by atoms with Gasteiger partial charge in [0.25, 0.3) is 0 Å². The van der Waals surface area contributed by atoms with Crippen LogP contribution in [-0.2, 0) is 19.1 Å². The highest BCUT2D eigenvalue weighted by Gasteiger charge is 2.34. The van der Waals surface area contributed by atoms with Crippen molar-refractivity contribution in [2.75, 3.05) is 0 Å². The van der Waals surface area contributed by atoms with Gasteiger partial charge in [0.05, 0.1) is 0 Å². The molecule has 2 atom stereocenters. The molecule has 20 heavy (non-hydrogen) atoms. The van der Waals surface area contributed by atoms with Gasteiger partial charge in [-0.3, -0.25) is 0 Å². The number of carbonyl (C=O) groups is 2. The summed E-state index contributed by atoms with van der Waals surface area (Å²) in [5.74, 6) is 0.431. The molecule has 2 aliphatic heterocycles. The summed E-state index contributed by atoms with van der Waals surface area (Å²) >= 11 is 0. The molecule has 0 saturated heterocycles. The van der Waals surface area contributed by atoms with Crippen LogP contribution in [0.3, 0.4) is 0 Å². The largest absolute Gasteiger partial charge is 0.410 e. The maximum atomic E-state index is 11.6. The smallest absolute Gasteiger partial charge is 0.337 e. The molecule has 0 radical (unpaired) electrons. The fourth-order valence-electron chi connectivity index (χ4n) is 2.11. The van der Waals surface area contributed by atoms with Crippen LogP contribution < -0.4 is 0 Å². The highest BCUT2D eigenvalue weighted by Crippen LogP contribution is 2.20. The second-order valence-corrected chi connectivity index (χ2v) is 5.77. The predicted molar refractivity (Wildman–Crippen MR) is 73.5 cm³/mol. The van der Waals surface area contributed by atoms with Crippen molar-refractivity contribution >= 4 is 23.7 Å². The number of rotatable bonds is 5. The normalized spacial score (nSPS) is 25.9. The van der Waals surface area contributed by atoms with Crippen molar-refractivity contribution in [1.82, 2.24) is 0 Å². The molecule has 6 nitrogen and oxygen atoms in total. The standard InChI is InChI=1S/C14H20N2O4/c1-7(2)11-13(17)19-9(15-11)5-6-10-16-12(8(3)4)14(18)20-10/h7-8,11-12H,5-6H2,1-4H3. The zero-order valence-corrected chi connectivity index (χ0v) is 12.3. The molecule has 2 unspecified atom stereocenters. The Kier molecular flexibility index (Phi) is 4.20. The van der Waals surface area contributed by atoms with Gasteiger partial charge in [-0.2, -0.15) is 0 Å². The zero-order chi connectivity index (χ0) is 14.9. The molecule has 0 amide bonds. The Labute approximate surface area is 118 Å². The van der Waals surface area contributed by atoms with Crippen molar-refractivity contribution in [2.45, 2.75) is 52.6 Å². The first-order chi connectivity index (χ1) is 9.38. The molecule has 0 aromatic carbocycles. The summed E-state index contributed by atoms with van der Waals surface area (Å²) in [5, 5.41) is 0. The molecular formula is C14H20N2O4. The molecule has 2 heterocycles. The van der Waals surface area contributed by atoms with Crippen LogP contribution in [0.15, 0.2) is 9.98 Å². The van der Waals surface area contributed by atoms with Crippen molar-refractivity contribution in [3.63, 3.8) is 0 Å². The van der Waals surface area contributed by atoms with Crippen LogP contribution in [0.2, 0.25) is 0 Å². The Morgan fingerprint density at radius 2 is 1.20 bits per heavy atom.